The van der Waals surface area contributed by atoms with Crippen molar-refractivity contribution < 1.29 is 19.1 Å². The zero-order valence-corrected chi connectivity index (χ0v) is 20.1. The molecule has 0 atom stereocenters. The van der Waals surface area contributed by atoms with Gasteiger partial charge in [0.15, 0.2) is 11.5 Å². The number of aryl methyl sites for hydroxylation is 2. The Labute approximate surface area is 200 Å². The lowest BCUT2D eigenvalue weighted by molar-refractivity contribution is -0.120. The van der Waals surface area contributed by atoms with Crippen LogP contribution in [0, 0.1) is 13.8 Å². The lowest BCUT2D eigenvalue weighted by atomic mass is 10.0. The maximum atomic E-state index is 13.8. The Hall–Kier alpha value is -4.06. The van der Waals surface area contributed by atoms with Crippen molar-refractivity contribution in [3.05, 3.63) is 94.7 Å². The number of nitrogens with zero attached hydrogens (tertiary/aromatic N) is 2. The smallest absolute Gasteiger partial charge is 0.282 e. The van der Waals surface area contributed by atoms with Gasteiger partial charge in [0.1, 0.15) is 5.70 Å². The summed E-state index contributed by atoms with van der Waals surface area (Å²) in [5.74, 6) is 0.326. The van der Waals surface area contributed by atoms with Crippen molar-refractivity contribution >= 4 is 23.1 Å². The molecule has 4 rings (SSSR count). The summed E-state index contributed by atoms with van der Waals surface area (Å²) in [7, 11) is 4.93. The minimum Gasteiger partial charge on any atom is -0.493 e. The molecule has 34 heavy (non-hydrogen) atoms. The van der Waals surface area contributed by atoms with E-state index in [-0.39, 0.29) is 11.8 Å². The van der Waals surface area contributed by atoms with Crippen molar-refractivity contribution in [1.29, 1.82) is 0 Å². The SMILES string of the molecule is COc1ccc(C2=C(N(C)Cc3ccccc3)C(=O)N(c3cc(C)cc(C)c3)C2=O)cc1OC. The van der Waals surface area contributed by atoms with E-state index in [9.17, 15) is 9.59 Å². The fourth-order valence-electron chi connectivity index (χ4n) is 4.37. The van der Waals surface area contributed by atoms with E-state index < -0.39 is 0 Å². The first-order chi connectivity index (χ1) is 16.3. The van der Waals surface area contributed by atoms with Crippen LogP contribution in [-0.2, 0) is 16.1 Å². The highest BCUT2D eigenvalue weighted by molar-refractivity contribution is 6.45. The van der Waals surface area contributed by atoms with Crippen LogP contribution < -0.4 is 14.4 Å². The maximum absolute atomic E-state index is 13.8. The predicted molar refractivity (Wildman–Crippen MR) is 133 cm³/mol. The first kappa shape index (κ1) is 23.1. The third-order valence-electron chi connectivity index (χ3n) is 5.84. The third kappa shape index (κ3) is 4.27. The Bertz CT molecular complexity index is 1260. The molecule has 0 N–H and O–H groups in total. The average Bonchev–Trinajstić information content (AvgIpc) is 3.08. The fraction of sp³-hybridized carbons (Fsp3) is 0.214. The van der Waals surface area contributed by atoms with E-state index in [1.54, 1.807) is 32.4 Å². The minimum absolute atomic E-state index is 0.337. The summed E-state index contributed by atoms with van der Waals surface area (Å²) >= 11 is 0. The molecule has 3 aromatic rings. The number of imide groups is 1. The van der Waals surface area contributed by atoms with Crippen molar-refractivity contribution in [2.24, 2.45) is 0 Å². The summed E-state index contributed by atoms with van der Waals surface area (Å²) in [6, 6.07) is 20.8. The molecule has 0 spiro atoms. The maximum Gasteiger partial charge on any atom is 0.282 e. The topological polar surface area (TPSA) is 59.1 Å². The number of hydrogen-bond acceptors (Lipinski definition) is 5. The van der Waals surface area contributed by atoms with Crippen molar-refractivity contribution in [2.75, 3.05) is 26.2 Å². The molecule has 0 saturated carbocycles. The van der Waals surface area contributed by atoms with Gasteiger partial charge in [-0.2, -0.15) is 0 Å². The standard InChI is InChI=1S/C28H28N2O4/c1-18-13-19(2)15-22(14-18)30-27(31)25(21-11-12-23(33-4)24(16-21)34-5)26(28(30)32)29(3)17-20-9-7-6-8-10-20/h6-16H,17H2,1-5H3. The summed E-state index contributed by atoms with van der Waals surface area (Å²) in [5.41, 5.74) is 4.84. The summed E-state index contributed by atoms with van der Waals surface area (Å²) < 4.78 is 10.8. The number of amides is 2. The molecule has 6 heteroatoms. The summed E-state index contributed by atoms with van der Waals surface area (Å²) in [5, 5.41) is 0. The van der Waals surface area contributed by atoms with Gasteiger partial charge in [-0.15, -0.1) is 0 Å². The van der Waals surface area contributed by atoms with E-state index in [2.05, 4.69) is 0 Å². The molecule has 6 nitrogen and oxygen atoms in total. The molecule has 0 radical (unpaired) electrons. The van der Waals surface area contributed by atoms with Crippen LogP contribution >= 0.6 is 0 Å². The molecule has 0 aliphatic carbocycles. The van der Waals surface area contributed by atoms with Crippen LogP contribution in [0.3, 0.4) is 0 Å². The number of methoxy groups -OCH3 is 2. The number of anilines is 1. The van der Waals surface area contributed by atoms with Gasteiger partial charge >= 0.3 is 0 Å². The highest BCUT2D eigenvalue weighted by atomic mass is 16.5. The second kappa shape index (κ2) is 9.43. The van der Waals surface area contributed by atoms with Crippen molar-refractivity contribution in [3.8, 4) is 11.5 Å². The third-order valence-corrected chi connectivity index (χ3v) is 5.84. The molecule has 3 aromatic carbocycles. The number of carbonyl (C=O) groups is 2. The highest BCUT2D eigenvalue weighted by Crippen LogP contribution is 2.38. The molecule has 174 valence electrons. The number of ether oxygens (including phenoxy) is 2. The summed E-state index contributed by atoms with van der Waals surface area (Å²) in [6.07, 6.45) is 0. The normalized spacial score (nSPS) is 13.5. The van der Waals surface area contributed by atoms with Crippen LogP contribution in [0.5, 0.6) is 11.5 Å². The van der Waals surface area contributed by atoms with Gasteiger partial charge in [0.25, 0.3) is 11.8 Å². The van der Waals surface area contributed by atoms with Crippen LogP contribution in [0.4, 0.5) is 5.69 Å². The van der Waals surface area contributed by atoms with E-state index in [4.69, 9.17) is 9.47 Å². The van der Waals surface area contributed by atoms with Crippen molar-refractivity contribution in [1.82, 2.24) is 4.90 Å². The van der Waals surface area contributed by atoms with E-state index in [1.165, 1.54) is 4.90 Å². The first-order valence-corrected chi connectivity index (χ1v) is 11.0. The van der Waals surface area contributed by atoms with Crippen LogP contribution in [0.1, 0.15) is 22.3 Å². The Balaban J connectivity index is 1.85. The van der Waals surface area contributed by atoms with Crippen LogP contribution in [-0.4, -0.2) is 38.0 Å². The molecule has 0 unspecified atom stereocenters. The molecule has 0 saturated heterocycles. The molecule has 0 bridgehead atoms. The van der Waals surface area contributed by atoms with Crippen LogP contribution in [0.2, 0.25) is 0 Å². The van der Waals surface area contributed by atoms with Gasteiger partial charge in [0.05, 0.1) is 25.5 Å². The van der Waals surface area contributed by atoms with E-state index >= 15 is 0 Å². The molecular weight excluding hydrogens is 428 g/mol. The molecule has 1 heterocycles. The number of carbonyl (C=O) groups excluding carboxylic acids is 2. The number of rotatable bonds is 7. The second-order valence-corrected chi connectivity index (χ2v) is 8.43. The second-order valence-electron chi connectivity index (χ2n) is 8.43. The largest absolute Gasteiger partial charge is 0.493 e. The highest BCUT2D eigenvalue weighted by Gasteiger charge is 2.42. The number of benzene rings is 3. The lowest BCUT2D eigenvalue weighted by Gasteiger charge is -2.22. The summed E-state index contributed by atoms with van der Waals surface area (Å²) in [6.45, 7) is 4.38. The lowest BCUT2D eigenvalue weighted by Crippen LogP contribution is -2.34. The van der Waals surface area contributed by atoms with E-state index in [1.807, 2.05) is 74.3 Å². The average molecular weight is 457 g/mol. The van der Waals surface area contributed by atoms with Crippen LogP contribution in [0.25, 0.3) is 5.57 Å². The molecule has 2 amide bonds. The van der Waals surface area contributed by atoms with Gasteiger partial charge in [-0.1, -0.05) is 42.5 Å². The number of likely N-dealkylation sites (N-methyl/N-ethyl adjacent to an activating group) is 1. The monoisotopic (exact) mass is 456 g/mol. The zero-order chi connectivity index (χ0) is 24.4. The van der Waals surface area contributed by atoms with Crippen molar-refractivity contribution in [2.45, 2.75) is 20.4 Å². The Kier molecular flexibility index (Phi) is 6.41. The molecule has 1 aliphatic rings. The van der Waals surface area contributed by atoms with Crippen molar-refractivity contribution in [3.63, 3.8) is 0 Å². The zero-order valence-electron chi connectivity index (χ0n) is 20.1. The van der Waals surface area contributed by atoms with Gasteiger partial charge in [0, 0.05) is 13.6 Å². The van der Waals surface area contributed by atoms with E-state index in [0.29, 0.717) is 40.6 Å². The molecular formula is C28H28N2O4. The first-order valence-electron chi connectivity index (χ1n) is 11.0. The number of hydrogen-bond donors (Lipinski definition) is 0. The van der Waals surface area contributed by atoms with Gasteiger partial charge < -0.3 is 14.4 Å². The molecule has 0 aromatic heterocycles. The van der Waals surface area contributed by atoms with Crippen LogP contribution in [0.15, 0.2) is 72.4 Å². The Morgan fingerprint density at radius 3 is 2.06 bits per heavy atom. The van der Waals surface area contributed by atoms with Gasteiger partial charge in [-0.3, -0.25) is 9.59 Å². The molecule has 0 fully saturated rings. The van der Waals surface area contributed by atoms with Gasteiger partial charge in [-0.05, 0) is 60.4 Å². The van der Waals surface area contributed by atoms with E-state index in [0.717, 1.165) is 16.7 Å². The Morgan fingerprint density at radius 1 is 0.794 bits per heavy atom. The predicted octanol–water partition coefficient (Wildman–Crippen LogP) is 4.74. The van der Waals surface area contributed by atoms with Gasteiger partial charge in [-0.25, -0.2) is 4.90 Å². The minimum atomic E-state index is -0.364. The summed E-state index contributed by atoms with van der Waals surface area (Å²) in [4.78, 5) is 30.7. The van der Waals surface area contributed by atoms with Gasteiger partial charge in [0.2, 0.25) is 0 Å². The fourth-order valence-corrected chi connectivity index (χ4v) is 4.37. The molecule has 1 aliphatic heterocycles. The quantitative estimate of drug-likeness (QED) is 0.481. The Morgan fingerprint density at radius 2 is 1.44 bits per heavy atom.